The van der Waals surface area contributed by atoms with E-state index in [4.69, 9.17) is 0 Å². The van der Waals surface area contributed by atoms with Gasteiger partial charge in [-0.2, -0.15) is 0 Å². The molecule has 0 unspecified atom stereocenters. The zero-order valence-electron chi connectivity index (χ0n) is 11.9. The summed E-state index contributed by atoms with van der Waals surface area (Å²) in [6.07, 6.45) is 8.61. The summed E-state index contributed by atoms with van der Waals surface area (Å²) < 4.78 is 0. The van der Waals surface area contributed by atoms with E-state index in [1.54, 1.807) is 0 Å². The molecular weight excluding hydrogens is 218 g/mol. The average molecular weight is 245 g/mol. The third-order valence-corrected chi connectivity index (χ3v) is 4.18. The van der Waals surface area contributed by atoms with Crippen molar-refractivity contribution in [2.45, 2.75) is 58.3 Å². The van der Waals surface area contributed by atoms with Crippen LogP contribution in [0.2, 0.25) is 0 Å². The molecule has 1 heteroatoms. The number of rotatable bonds is 5. The van der Waals surface area contributed by atoms with E-state index in [9.17, 15) is 0 Å². The smallest absolute Gasteiger partial charge is 0.0375 e. The summed E-state index contributed by atoms with van der Waals surface area (Å²) in [5.41, 5.74) is 2.78. The van der Waals surface area contributed by atoms with E-state index >= 15 is 0 Å². The Morgan fingerprint density at radius 2 is 1.83 bits per heavy atom. The van der Waals surface area contributed by atoms with E-state index in [0.29, 0.717) is 5.92 Å². The van der Waals surface area contributed by atoms with E-state index in [-0.39, 0.29) is 0 Å². The molecule has 1 aromatic carbocycles. The molecule has 0 spiro atoms. The first-order valence-corrected chi connectivity index (χ1v) is 7.60. The molecule has 0 bridgehead atoms. The van der Waals surface area contributed by atoms with Crippen LogP contribution in [0.5, 0.6) is 0 Å². The van der Waals surface area contributed by atoms with E-state index in [1.165, 1.54) is 49.8 Å². The van der Waals surface area contributed by atoms with Crippen LogP contribution in [0.15, 0.2) is 24.3 Å². The molecule has 18 heavy (non-hydrogen) atoms. The Morgan fingerprint density at radius 3 is 2.56 bits per heavy atom. The molecule has 0 radical (unpaired) electrons. The zero-order chi connectivity index (χ0) is 12.8. The molecule has 0 aliphatic heterocycles. The predicted octanol–water partition coefficient (Wildman–Crippen LogP) is 5.19. The fourth-order valence-corrected chi connectivity index (χ4v) is 3.05. The number of anilines is 1. The minimum Gasteiger partial charge on any atom is -0.385 e. The van der Waals surface area contributed by atoms with Gasteiger partial charge < -0.3 is 5.32 Å². The van der Waals surface area contributed by atoms with E-state index in [0.717, 1.165) is 12.5 Å². The van der Waals surface area contributed by atoms with Crippen LogP contribution < -0.4 is 5.32 Å². The lowest BCUT2D eigenvalue weighted by molar-refractivity contribution is 0.345. The van der Waals surface area contributed by atoms with Crippen molar-refractivity contribution in [3.63, 3.8) is 0 Å². The molecular formula is C17H27N. The van der Waals surface area contributed by atoms with E-state index in [1.807, 2.05) is 0 Å². The second kappa shape index (κ2) is 6.82. The first kappa shape index (κ1) is 13.5. The molecule has 0 heterocycles. The summed E-state index contributed by atoms with van der Waals surface area (Å²) >= 11 is 0. The molecule has 0 saturated heterocycles. The highest BCUT2D eigenvalue weighted by Gasteiger charge is 2.13. The summed E-state index contributed by atoms with van der Waals surface area (Å²) in [6, 6.07) is 8.74. The Balaban J connectivity index is 1.82. The number of para-hydroxylation sites is 1. The van der Waals surface area contributed by atoms with Gasteiger partial charge in [0.15, 0.2) is 0 Å². The lowest BCUT2D eigenvalue weighted by Crippen LogP contribution is -2.13. The zero-order valence-corrected chi connectivity index (χ0v) is 11.9. The molecule has 2 rings (SSSR count). The highest BCUT2D eigenvalue weighted by atomic mass is 14.9. The Kier molecular flexibility index (Phi) is 5.10. The van der Waals surface area contributed by atoms with Gasteiger partial charge >= 0.3 is 0 Å². The van der Waals surface area contributed by atoms with Crippen molar-refractivity contribution in [3.05, 3.63) is 29.8 Å². The number of benzene rings is 1. The van der Waals surface area contributed by atoms with Gasteiger partial charge in [0.05, 0.1) is 0 Å². The molecule has 0 atom stereocenters. The SMILES string of the molecule is CC(C)c1ccccc1NCCC1CCCCC1. The van der Waals surface area contributed by atoms with Gasteiger partial charge in [0, 0.05) is 12.2 Å². The first-order valence-electron chi connectivity index (χ1n) is 7.60. The van der Waals surface area contributed by atoms with Crippen LogP contribution in [-0.4, -0.2) is 6.54 Å². The number of hydrogen-bond acceptors (Lipinski definition) is 1. The molecule has 1 fully saturated rings. The van der Waals surface area contributed by atoms with Crippen molar-refractivity contribution < 1.29 is 0 Å². The maximum Gasteiger partial charge on any atom is 0.0375 e. The van der Waals surface area contributed by atoms with Crippen molar-refractivity contribution in [1.82, 2.24) is 0 Å². The monoisotopic (exact) mass is 245 g/mol. The topological polar surface area (TPSA) is 12.0 Å². The fraction of sp³-hybridized carbons (Fsp3) is 0.647. The first-order chi connectivity index (χ1) is 8.77. The normalized spacial score (nSPS) is 17.1. The standard InChI is InChI=1S/C17H27N/c1-14(2)16-10-6-7-11-17(16)18-13-12-15-8-4-3-5-9-15/h6-7,10-11,14-15,18H,3-5,8-9,12-13H2,1-2H3. The largest absolute Gasteiger partial charge is 0.385 e. The fourth-order valence-electron chi connectivity index (χ4n) is 3.05. The van der Waals surface area contributed by atoms with Gasteiger partial charge in [0.25, 0.3) is 0 Å². The summed E-state index contributed by atoms with van der Waals surface area (Å²) in [6.45, 7) is 5.66. The summed E-state index contributed by atoms with van der Waals surface area (Å²) in [4.78, 5) is 0. The summed E-state index contributed by atoms with van der Waals surface area (Å²) in [5, 5.41) is 3.64. The van der Waals surface area contributed by atoms with Crippen molar-refractivity contribution in [1.29, 1.82) is 0 Å². The molecule has 0 aromatic heterocycles. The van der Waals surface area contributed by atoms with Crippen molar-refractivity contribution >= 4 is 5.69 Å². The van der Waals surface area contributed by atoms with Crippen LogP contribution in [0.1, 0.15) is 63.9 Å². The van der Waals surface area contributed by atoms with Crippen LogP contribution in [0.25, 0.3) is 0 Å². The van der Waals surface area contributed by atoms with Gasteiger partial charge in [-0.05, 0) is 29.9 Å². The molecule has 1 N–H and O–H groups in total. The highest BCUT2D eigenvalue weighted by molar-refractivity contribution is 5.52. The molecule has 100 valence electrons. The van der Waals surface area contributed by atoms with Crippen LogP contribution in [0, 0.1) is 5.92 Å². The Morgan fingerprint density at radius 1 is 1.11 bits per heavy atom. The highest BCUT2D eigenvalue weighted by Crippen LogP contribution is 2.27. The van der Waals surface area contributed by atoms with Crippen molar-refractivity contribution in [2.24, 2.45) is 5.92 Å². The second-order valence-electron chi connectivity index (χ2n) is 5.96. The number of hydrogen-bond donors (Lipinski definition) is 1. The minimum absolute atomic E-state index is 0.600. The van der Waals surface area contributed by atoms with Crippen molar-refractivity contribution in [3.8, 4) is 0 Å². The van der Waals surface area contributed by atoms with Crippen LogP contribution >= 0.6 is 0 Å². The second-order valence-corrected chi connectivity index (χ2v) is 5.96. The predicted molar refractivity (Wildman–Crippen MR) is 80.2 cm³/mol. The van der Waals surface area contributed by atoms with E-state index in [2.05, 4.69) is 43.4 Å². The molecule has 1 saturated carbocycles. The third kappa shape index (κ3) is 3.76. The van der Waals surface area contributed by atoms with E-state index < -0.39 is 0 Å². The average Bonchev–Trinajstić information content (AvgIpc) is 2.40. The van der Waals surface area contributed by atoms with Gasteiger partial charge in [0.2, 0.25) is 0 Å². The van der Waals surface area contributed by atoms with Gasteiger partial charge in [-0.25, -0.2) is 0 Å². The Labute approximate surface area is 112 Å². The lowest BCUT2D eigenvalue weighted by atomic mass is 9.87. The molecule has 1 nitrogen and oxygen atoms in total. The van der Waals surface area contributed by atoms with Crippen LogP contribution in [-0.2, 0) is 0 Å². The maximum absolute atomic E-state index is 3.64. The van der Waals surface area contributed by atoms with Gasteiger partial charge in [-0.15, -0.1) is 0 Å². The van der Waals surface area contributed by atoms with Gasteiger partial charge in [0.1, 0.15) is 0 Å². The summed E-state index contributed by atoms with van der Waals surface area (Å²) in [7, 11) is 0. The lowest BCUT2D eigenvalue weighted by Gasteiger charge is -2.22. The maximum atomic E-state index is 3.64. The number of nitrogens with one attached hydrogen (secondary N) is 1. The van der Waals surface area contributed by atoms with Crippen LogP contribution in [0.3, 0.4) is 0 Å². The molecule has 1 aliphatic rings. The van der Waals surface area contributed by atoms with Gasteiger partial charge in [-0.1, -0.05) is 64.2 Å². The van der Waals surface area contributed by atoms with Gasteiger partial charge in [-0.3, -0.25) is 0 Å². The third-order valence-electron chi connectivity index (χ3n) is 4.18. The Hall–Kier alpha value is -0.980. The Bertz CT molecular complexity index is 350. The van der Waals surface area contributed by atoms with Crippen LogP contribution in [0.4, 0.5) is 5.69 Å². The molecule has 1 aliphatic carbocycles. The summed E-state index contributed by atoms with van der Waals surface area (Å²) in [5.74, 6) is 1.57. The molecule has 0 amide bonds. The van der Waals surface area contributed by atoms with Crippen molar-refractivity contribution in [2.75, 3.05) is 11.9 Å². The minimum atomic E-state index is 0.600. The quantitative estimate of drug-likeness (QED) is 0.752. The molecule has 1 aromatic rings.